The number of aromatic nitrogens is 1. The minimum Gasteiger partial charge on any atom is -0.325 e. The Labute approximate surface area is 109 Å². The number of aromatic amines is 1. The van der Waals surface area contributed by atoms with Crippen LogP contribution in [0.15, 0.2) is 16.9 Å². The summed E-state index contributed by atoms with van der Waals surface area (Å²) in [6, 6.07) is 5.36. The van der Waals surface area contributed by atoms with Gasteiger partial charge < -0.3 is 4.98 Å². The molecular formula is C15H22N2O. The molecule has 0 fully saturated rings. The highest BCUT2D eigenvalue weighted by Gasteiger charge is 2.21. The van der Waals surface area contributed by atoms with Crippen molar-refractivity contribution in [1.29, 1.82) is 5.26 Å². The van der Waals surface area contributed by atoms with Gasteiger partial charge in [0.2, 0.25) is 0 Å². The molecule has 0 aromatic carbocycles. The molecular weight excluding hydrogens is 224 g/mol. The fraction of sp³-hybridized carbons (Fsp3) is 0.600. The molecule has 0 bridgehead atoms. The third-order valence-corrected chi connectivity index (χ3v) is 3.41. The first-order valence-electron chi connectivity index (χ1n) is 6.65. The molecule has 1 heterocycles. The van der Waals surface area contributed by atoms with Crippen molar-refractivity contribution in [2.24, 2.45) is 0 Å². The van der Waals surface area contributed by atoms with Gasteiger partial charge in [0, 0.05) is 11.1 Å². The minimum absolute atomic E-state index is 0.0408. The summed E-state index contributed by atoms with van der Waals surface area (Å²) in [5.74, 6) is 0. The lowest BCUT2D eigenvalue weighted by Gasteiger charge is -2.24. The summed E-state index contributed by atoms with van der Waals surface area (Å²) in [6.45, 7) is 6.47. The molecule has 0 amide bonds. The van der Waals surface area contributed by atoms with Crippen molar-refractivity contribution in [3.63, 3.8) is 0 Å². The fourth-order valence-corrected chi connectivity index (χ4v) is 2.08. The number of unbranched alkanes of at least 4 members (excludes halogenated alkanes) is 3. The monoisotopic (exact) mass is 246 g/mol. The van der Waals surface area contributed by atoms with Gasteiger partial charge in [-0.05, 0) is 18.6 Å². The molecule has 1 N–H and O–H groups in total. The Balaban J connectivity index is 2.76. The van der Waals surface area contributed by atoms with E-state index < -0.39 is 0 Å². The molecule has 0 aliphatic rings. The highest BCUT2D eigenvalue weighted by molar-refractivity contribution is 5.28. The summed E-state index contributed by atoms with van der Waals surface area (Å²) in [7, 11) is 0. The topological polar surface area (TPSA) is 56.6 Å². The molecule has 3 nitrogen and oxygen atoms in total. The van der Waals surface area contributed by atoms with Crippen LogP contribution in [0.3, 0.4) is 0 Å². The second-order valence-corrected chi connectivity index (χ2v) is 5.42. The van der Waals surface area contributed by atoms with E-state index in [0.717, 1.165) is 12.1 Å². The molecule has 0 saturated carbocycles. The number of rotatable bonds is 6. The van der Waals surface area contributed by atoms with Crippen LogP contribution in [0.1, 0.15) is 64.1 Å². The maximum absolute atomic E-state index is 11.6. The van der Waals surface area contributed by atoms with Gasteiger partial charge in [-0.25, -0.2) is 0 Å². The van der Waals surface area contributed by atoms with Crippen molar-refractivity contribution in [3.8, 4) is 6.07 Å². The Morgan fingerprint density at radius 2 is 2.00 bits per heavy atom. The van der Waals surface area contributed by atoms with Crippen LogP contribution in [0.5, 0.6) is 0 Å². The predicted octanol–water partition coefficient (Wildman–Crippen LogP) is 3.49. The second kappa shape index (κ2) is 6.39. The maximum Gasteiger partial charge on any atom is 0.266 e. The molecule has 0 radical (unpaired) electrons. The van der Waals surface area contributed by atoms with Gasteiger partial charge in [-0.1, -0.05) is 46.5 Å². The van der Waals surface area contributed by atoms with Crippen LogP contribution in [0.2, 0.25) is 0 Å². The zero-order chi connectivity index (χ0) is 13.6. The summed E-state index contributed by atoms with van der Waals surface area (Å²) >= 11 is 0. The average Bonchev–Trinajstić information content (AvgIpc) is 2.34. The fourth-order valence-electron chi connectivity index (χ4n) is 2.08. The quantitative estimate of drug-likeness (QED) is 0.781. The number of hydrogen-bond donors (Lipinski definition) is 1. The summed E-state index contributed by atoms with van der Waals surface area (Å²) in [4.78, 5) is 14.4. The summed E-state index contributed by atoms with van der Waals surface area (Å²) in [6.07, 6.45) is 5.95. The number of H-pyrrole nitrogens is 1. The van der Waals surface area contributed by atoms with E-state index in [2.05, 4.69) is 25.8 Å². The largest absolute Gasteiger partial charge is 0.325 e. The minimum atomic E-state index is -0.281. The van der Waals surface area contributed by atoms with Gasteiger partial charge in [0.05, 0.1) is 0 Å². The molecule has 0 atom stereocenters. The van der Waals surface area contributed by atoms with E-state index in [1.165, 1.54) is 25.7 Å². The van der Waals surface area contributed by atoms with Crippen molar-refractivity contribution >= 4 is 0 Å². The summed E-state index contributed by atoms with van der Waals surface area (Å²) < 4.78 is 0. The van der Waals surface area contributed by atoms with E-state index >= 15 is 0 Å². The van der Waals surface area contributed by atoms with Gasteiger partial charge in [-0.3, -0.25) is 4.79 Å². The van der Waals surface area contributed by atoms with Crippen molar-refractivity contribution in [3.05, 3.63) is 33.7 Å². The smallest absolute Gasteiger partial charge is 0.266 e. The van der Waals surface area contributed by atoms with Crippen LogP contribution in [-0.2, 0) is 5.41 Å². The van der Waals surface area contributed by atoms with Crippen LogP contribution in [0.4, 0.5) is 0 Å². The first-order chi connectivity index (χ1) is 8.51. The molecule has 1 rings (SSSR count). The van der Waals surface area contributed by atoms with Crippen LogP contribution >= 0.6 is 0 Å². The van der Waals surface area contributed by atoms with E-state index in [1.807, 2.05) is 12.1 Å². The molecule has 0 aliphatic carbocycles. The zero-order valence-corrected chi connectivity index (χ0v) is 11.5. The summed E-state index contributed by atoms with van der Waals surface area (Å²) in [5, 5.41) is 8.74. The van der Waals surface area contributed by atoms with Crippen molar-refractivity contribution in [2.45, 2.75) is 58.3 Å². The van der Waals surface area contributed by atoms with E-state index in [1.54, 1.807) is 6.07 Å². The molecule has 1 aromatic heterocycles. The molecule has 0 saturated heterocycles. The van der Waals surface area contributed by atoms with Crippen LogP contribution < -0.4 is 5.56 Å². The first kappa shape index (κ1) is 14.5. The second-order valence-electron chi connectivity index (χ2n) is 5.42. The highest BCUT2D eigenvalue weighted by atomic mass is 16.1. The Bertz CT molecular complexity index is 480. The van der Waals surface area contributed by atoms with Gasteiger partial charge in [0.1, 0.15) is 11.6 Å². The molecule has 0 aliphatic heterocycles. The van der Waals surface area contributed by atoms with E-state index in [9.17, 15) is 4.79 Å². The number of nitrogens with one attached hydrogen (secondary N) is 1. The lowest BCUT2D eigenvalue weighted by Crippen LogP contribution is -2.23. The first-order valence-corrected chi connectivity index (χ1v) is 6.65. The van der Waals surface area contributed by atoms with Crippen LogP contribution in [-0.4, -0.2) is 4.98 Å². The molecule has 98 valence electrons. The molecule has 0 spiro atoms. The van der Waals surface area contributed by atoms with Crippen molar-refractivity contribution < 1.29 is 0 Å². The van der Waals surface area contributed by atoms with Gasteiger partial charge in [0.15, 0.2) is 0 Å². The Hall–Kier alpha value is -1.56. The van der Waals surface area contributed by atoms with E-state index in [0.29, 0.717) is 0 Å². The van der Waals surface area contributed by atoms with Gasteiger partial charge in [-0.2, -0.15) is 5.26 Å². The number of nitriles is 1. The van der Waals surface area contributed by atoms with Crippen LogP contribution in [0.25, 0.3) is 0 Å². The Morgan fingerprint density at radius 1 is 1.28 bits per heavy atom. The highest BCUT2D eigenvalue weighted by Crippen LogP contribution is 2.27. The third-order valence-electron chi connectivity index (χ3n) is 3.41. The number of nitrogens with zero attached hydrogens (tertiary/aromatic N) is 1. The molecule has 18 heavy (non-hydrogen) atoms. The number of pyridine rings is 1. The number of hydrogen-bond acceptors (Lipinski definition) is 2. The molecule has 0 unspecified atom stereocenters. The van der Waals surface area contributed by atoms with Gasteiger partial charge in [-0.15, -0.1) is 0 Å². The lowest BCUT2D eigenvalue weighted by atomic mass is 9.83. The Kier molecular flexibility index (Phi) is 5.15. The van der Waals surface area contributed by atoms with Crippen molar-refractivity contribution in [1.82, 2.24) is 4.98 Å². The van der Waals surface area contributed by atoms with Crippen LogP contribution in [0, 0.1) is 11.3 Å². The van der Waals surface area contributed by atoms with E-state index in [-0.39, 0.29) is 16.5 Å². The SMILES string of the molecule is CCCCCCC(C)(C)c1ccc(C#N)c(=O)[nH]1. The standard InChI is InChI=1S/C15H22N2O/c1-4-5-6-7-10-15(2,3)13-9-8-12(11-16)14(18)17-13/h8-9H,4-7,10H2,1-3H3,(H,17,18). The maximum atomic E-state index is 11.6. The molecule has 3 heteroatoms. The molecule has 1 aromatic rings. The van der Waals surface area contributed by atoms with Gasteiger partial charge in [0.25, 0.3) is 5.56 Å². The summed E-state index contributed by atoms with van der Waals surface area (Å²) in [5.41, 5.74) is 0.779. The zero-order valence-electron chi connectivity index (χ0n) is 11.5. The Morgan fingerprint density at radius 3 is 2.56 bits per heavy atom. The van der Waals surface area contributed by atoms with Gasteiger partial charge >= 0.3 is 0 Å². The normalized spacial score (nSPS) is 11.2. The third kappa shape index (κ3) is 3.73. The average molecular weight is 246 g/mol. The van der Waals surface area contributed by atoms with Crippen molar-refractivity contribution in [2.75, 3.05) is 0 Å². The predicted molar refractivity (Wildman–Crippen MR) is 73.6 cm³/mol. The van der Waals surface area contributed by atoms with E-state index in [4.69, 9.17) is 5.26 Å². The lowest BCUT2D eigenvalue weighted by molar-refractivity contribution is 0.434.